The van der Waals surface area contributed by atoms with Gasteiger partial charge in [0.25, 0.3) is 0 Å². The minimum atomic E-state index is -4.76. The van der Waals surface area contributed by atoms with E-state index in [0.717, 1.165) is 11.6 Å². The number of Topliss-reactive ketones (excluding diaryl/α,β-unsaturated/α-hetero) is 1. The van der Waals surface area contributed by atoms with Gasteiger partial charge in [-0.05, 0) is 36.6 Å². The second kappa shape index (κ2) is 11.8. The average Bonchev–Trinajstić information content (AvgIpc) is 3.42. The normalized spacial score (nSPS) is 11.1. The molecule has 0 amide bonds. The molecule has 0 bridgehead atoms. The van der Waals surface area contributed by atoms with Crippen molar-refractivity contribution in [3.63, 3.8) is 0 Å². The molecule has 0 aliphatic carbocycles. The van der Waals surface area contributed by atoms with Crippen molar-refractivity contribution in [2.24, 2.45) is 10.7 Å². The van der Waals surface area contributed by atoms with E-state index in [1.165, 1.54) is 41.6 Å². The molecule has 3 N–H and O–H groups in total. The molecular weight excluding hydrogens is 537 g/mol. The Balaban J connectivity index is 1.58. The SMILES string of the molecule is Cc1ccc(C(=O)Cc2cc(-n3cnc(C#N)c3)cc(C(F)(F)F)n2)cc1C#Cc1cnc(N=C(N)NC#N)cn1. The Kier molecular flexibility index (Phi) is 8.02. The third-order valence-corrected chi connectivity index (χ3v) is 5.43. The predicted molar refractivity (Wildman–Crippen MR) is 138 cm³/mol. The topological polar surface area (TPSA) is 172 Å². The number of nitrogens with two attached hydrogens (primary N) is 1. The highest BCUT2D eigenvalue weighted by atomic mass is 19.4. The lowest BCUT2D eigenvalue weighted by molar-refractivity contribution is -0.141. The van der Waals surface area contributed by atoms with Crippen LogP contribution in [-0.2, 0) is 12.6 Å². The maximum atomic E-state index is 13.6. The fourth-order valence-corrected chi connectivity index (χ4v) is 3.46. The van der Waals surface area contributed by atoms with E-state index in [-0.39, 0.29) is 34.4 Å². The number of hydrogen-bond donors (Lipinski definition) is 2. The first kappa shape index (κ1) is 28.0. The van der Waals surface area contributed by atoms with Gasteiger partial charge in [-0.2, -0.15) is 28.7 Å². The fourth-order valence-electron chi connectivity index (χ4n) is 3.46. The number of pyridine rings is 1. The van der Waals surface area contributed by atoms with E-state index in [1.807, 2.05) is 6.07 Å². The highest BCUT2D eigenvalue weighted by Gasteiger charge is 2.33. The molecular formula is C27H17F3N10O. The number of alkyl halides is 3. The van der Waals surface area contributed by atoms with E-state index in [9.17, 15) is 18.0 Å². The Morgan fingerprint density at radius 2 is 1.90 bits per heavy atom. The van der Waals surface area contributed by atoms with Crippen molar-refractivity contribution in [3.8, 4) is 29.8 Å². The number of aliphatic imine (C=N–C) groups is 1. The van der Waals surface area contributed by atoms with Gasteiger partial charge in [-0.3, -0.25) is 10.1 Å². The summed E-state index contributed by atoms with van der Waals surface area (Å²) in [4.78, 5) is 32.6. The van der Waals surface area contributed by atoms with Crippen LogP contribution in [0.4, 0.5) is 19.0 Å². The van der Waals surface area contributed by atoms with Gasteiger partial charge in [0.2, 0.25) is 5.96 Å². The molecule has 41 heavy (non-hydrogen) atoms. The van der Waals surface area contributed by atoms with Crippen molar-refractivity contribution in [2.45, 2.75) is 19.5 Å². The van der Waals surface area contributed by atoms with Gasteiger partial charge in [-0.15, -0.1) is 0 Å². The number of ketones is 1. The number of rotatable bonds is 5. The Morgan fingerprint density at radius 1 is 1.10 bits per heavy atom. The van der Waals surface area contributed by atoms with Gasteiger partial charge < -0.3 is 10.3 Å². The number of guanidine groups is 1. The molecule has 0 saturated carbocycles. The molecule has 0 spiro atoms. The van der Waals surface area contributed by atoms with Gasteiger partial charge in [-0.1, -0.05) is 18.1 Å². The minimum Gasteiger partial charge on any atom is -0.369 e. The van der Waals surface area contributed by atoms with Gasteiger partial charge in [0.05, 0.1) is 30.2 Å². The quantitative estimate of drug-likeness (QED) is 0.0939. The third kappa shape index (κ3) is 7.07. The van der Waals surface area contributed by atoms with Crippen LogP contribution in [0.2, 0.25) is 0 Å². The summed E-state index contributed by atoms with van der Waals surface area (Å²) in [5.41, 5.74) is 6.06. The number of nitrogens with one attached hydrogen (secondary N) is 1. The fraction of sp³-hybridized carbons (Fsp3) is 0.111. The smallest absolute Gasteiger partial charge is 0.369 e. The van der Waals surface area contributed by atoms with Crippen LogP contribution in [0.3, 0.4) is 0 Å². The first-order valence-electron chi connectivity index (χ1n) is 11.6. The van der Waals surface area contributed by atoms with Gasteiger partial charge in [0.15, 0.2) is 23.5 Å². The molecule has 4 rings (SSSR count). The molecule has 202 valence electrons. The van der Waals surface area contributed by atoms with E-state index in [4.69, 9.17) is 16.3 Å². The number of carbonyl (C=O) groups is 1. The van der Waals surface area contributed by atoms with Crippen molar-refractivity contribution in [3.05, 3.63) is 94.7 Å². The van der Waals surface area contributed by atoms with E-state index in [2.05, 4.69) is 42.1 Å². The maximum absolute atomic E-state index is 13.6. The molecule has 11 nitrogen and oxygen atoms in total. The van der Waals surface area contributed by atoms with E-state index >= 15 is 0 Å². The molecule has 0 radical (unpaired) electrons. The molecule has 0 fully saturated rings. The summed E-state index contributed by atoms with van der Waals surface area (Å²) in [7, 11) is 0. The molecule has 0 atom stereocenters. The lowest BCUT2D eigenvalue weighted by atomic mass is 10.00. The summed E-state index contributed by atoms with van der Waals surface area (Å²) in [6, 6.07) is 8.72. The van der Waals surface area contributed by atoms with Crippen LogP contribution in [0.1, 0.15) is 44.3 Å². The molecule has 1 aromatic carbocycles. The largest absolute Gasteiger partial charge is 0.433 e. The van der Waals surface area contributed by atoms with Gasteiger partial charge in [0, 0.05) is 17.3 Å². The first-order valence-corrected chi connectivity index (χ1v) is 11.6. The second-order valence-corrected chi connectivity index (χ2v) is 8.35. The molecule has 0 aliphatic heterocycles. The summed E-state index contributed by atoms with van der Waals surface area (Å²) >= 11 is 0. The number of aromatic nitrogens is 5. The van der Waals surface area contributed by atoms with E-state index in [0.29, 0.717) is 11.3 Å². The molecule has 3 aromatic heterocycles. The number of nitrogens with zero attached hydrogens (tertiary/aromatic N) is 8. The maximum Gasteiger partial charge on any atom is 0.433 e. The van der Waals surface area contributed by atoms with Gasteiger partial charge in [0.1, 0.15) is 23.8 Å². The zero-order valence-electron chi connectivity index (χ0n) is 21.1. The number of benzene rings is 1. The molecule has 0 aliphatic rings. The molecule has 0 saturated heterocycles. The number of nitriles is 2. The number of imidazole rings is 1. The summed E-state index contributed by atoms with van der Waals surface area (Å²) in [5.74, 6) is 5.28. The molecule has 14 heteroatoms. The highest BCUT2D eigenvalue weighted by molar-refractivity contribution is 5.97. The number of carbonyl (C=O) groups excluding carboxylic acids is 1. The summed E-state index contributed by atoms with van der Waals surface area (Å²) in [5, 5.41) is 19.7. The van der Waals surface area contributed by atoms with Crippen LogP contribution in [0.5, 0.6) is 0 Å². The lowest BCUT2D eigenvalue weighted by Gasteiger charge is -2.12. The van der Waals surface area contributed by atoms with Crippen LogP contribution >= 0.6 is 0 Å². The van der Waals surface area contributed by atoms with E-state index in [1.54, 1.807) is 25.2 Å². The van der Waals surface area contributed by atoms with E-state index < -0.39 is 24.1 Å². The van der Waals surface area contributed by atoms with Crippen molar-refractivity contribution >= 4 is 17.6 Å². The van der Waals surface area contributed by atoms with Crippen LogP contribution in [0.15, 0.2) is 60.2 Å². The van der Waals surface area contributed by atoms with Crippen LogP contribution in [0.25, 0.3) is 5.69 Å². The summed E-state index contributed by atoms with van der Waals surface area (Å²) in [6.07, 6.45) is 1.60. The number of aryl methyl sites for hydroxylation is 1. The van der Waals surface area contributed by atoms with Gasteiger partial charge >= 0.3 is 6.18 Å². The highest BCUT2D eigenvalue weighted by Crippen LogP contribution is 2.30. The summed E-state index contributed by atoms with van der Waals surface area (Å²) in [6.45, 7) is 1.79. The monoisotopic (exact) mass is 554 g/mol. The van der Waals surface area contributed by atoms with Crippen molar-refractivity contribution < 1.29 is 18.0 Å². The Hall–Kier alpha value is -6.07. The van der Waals surface area contributed by atoms with Gasteiger partial charge in [-0.25, -0.2) is 19.9 Å². The average molecular weight is 554 g/mol. The minimum absolute atomic E-state index is 0.0225. The van der Waals surface area contributed by atoms with Crippen LogP contribution < -0.4 is 11.1 Å². The van der Waals surface area contributed by atoms with Crippen molar-refractivity contribution in [1.82, 2.24) is 29.8 Å². The Labute approximate surface area is 230 Å². The second-order valence-electron chi connectivity index (χ2n) is 8.35. The first-order chi connectivity index (χ1) is 19.5. The van der Waals surface area contributed by atoms with Crippen molar-refractivity contribution in [1.29, 1.82) is 10.5 Å². The predicted octanol–water partition coefficient (Wildman–Crippen LogP) is 3.10. The Bertz CT molecular complexity index is 1800. The molecule has 4 aromatic rings. The summed E-state index contributed by atoms with van der Waals surface area (Å²) < 4.78 is 41.9. The van der Waals surface area contributed by atoms with Crippen molar-refractivity contribution in [2.75, 3.05) is 0 Å². The molecule has 3 heterocycles. The zero-order chi connectivity index (χ0) is 29.6. The Morgan fingerprint density at radius 3 is 2.56 bits per heavy atom. The number of hydrogen-bond acceptors (Lipinski definition) is 8. The molecule has 0 unspecified atom stereocenters. The zero-order valence-corrected chi connectivity index (χ0v) is 21.1. The third-order valence-electron chi connectivity index (χ3n) is 5.43. The lowest BCUT2D eigenvalue weighted by Crippen LogP contribution is -2.26. The van der Waals surface area contributed by atoms with Crippen LogP contribution in [-0.4, -0.2) is 36.2 Å². The van der Waals surface area contributed by atoms with Crippen LogP contribution in [0, 0.1) is 41.6 Å². The standard InChI is InChI=1S/C27H17F3N10O/c1-16-2-3-18(6-17(16)4-5-19-11-35-25(12-34-19)39-26(33)36-14-32)23(41)8-20-7-22(9-24(38-20)27(28,29)30)40-13-21(10-31)37-15-40/h2-3,6-7,9,11-13,15H,8H2,1H3,(H3,33,35,36,39). The number of halogens is 3.